The van der Waals surface area contributed by atoms with Crippen molar-refractivity contribution in [1.29, 1.82) is 0 Å². The average molecular weight is 379 g/mol. The molecule has 0 spiro atoms. The molecule has 0 N–H and O–H groups in total. The minimum absolute atomic E-state index is 0.0716. The van der Waals surface area contributed by atoms with Crippen molar-refractivity contribution in [3.63, 3.8) is 0 Å². The molecule has 0 aliphatic carbocycles. The van der Waals surface area contributed by atoms with E-state index in [-0.39, 0.29) is 5.91 Å². The Bertz CT molecular complexity index is 946. The van der Waals surface area contributed by atoms with Crippen molar-refractivity contribution in [2.45, 2.75) is 27.0 Å². The maximum absolute atomic E-state index is 12.7. The van der Waals surface area contributed by atoms with Gasteiger partial charge in [0.05, 0.1) is 12.7 Å². The van der Waals surface area contributed by atoms with Crippen molar-refractivity contribution in [3.8, 4) is 11.5 Å². The van der Waals surface area contributed by atoms with Crippen LogP contribution >= 0.6 is 0 Å². The number of hydrogen-bond donors (Lipinski definition) is 0. The molecule has 28 heavy (non-hydrogen) atoms. The SMILES string of the molecule is COc1cc(CN(C)C(=O)c2cc(C)oc2C)ccc1OCc1ccccc1. The Balaban J connectivity index is 1.69. The van der Waals surface area contributed by atoms with Crippen LogP contribution < -0.4 is 9.47 Å². The first-order chi connectivity index (χ1) is 13.5. The number of nitrogens with zero attached hydrogens (tertiary/aromatic N) is 1. The van der Waals surface area contributed by atoms with Gasteiger partial charge in [-0.3, -0.25) is 4.79 Å². The number of methoxy groups -OCH3 is 1. The Morgan fingerprint density at radius 3 is 2.39 bits per heavy atom. The molecule has 1 amide bonds. The molecular formula is C23H25NO4. The zero-order valence-electron chi connectivity index (χ0n) is 16.7. The van der Waals surface area contributed by atoms with Crippen molar-refractivity contribution >= 4 is 5.91 Å². The first kappa shape index (κ1) is 19.5. The summed E-state index contributed by atoms with van der Waals surface area (Å²) in [4.78, 5) is 14.3. The highest BCUT2D eigenvalue weighted by Gasteiger charge is 2.18. The predicted octanol–water partition coefficient (Wildman–Crippen LogP) is 4.76. The lowest BCUT2D eigenvalue weighted by Crippen LogP contribution is -2.26. The van der Waals surface area contributed by atoms with Gasteiger partial charge >= 0.3 is 0 Å². The summed E-state index contributed by atoms with van der Waals surface area (Å²) in [7, 11) is 3.39. The van der Waals surface area contributed by atoms with Crippen LogP contribution in [-0.2, 0) is 13.2 Å². The van der Waals surface area contributed by atoms with Crippen molar-refractivity contribution in [1.82, 2.24) is 4.90 Å². The number of rotatable bonds is 7. The third kappa shape index (κ3) is 4.55. The van der Waals surface area contributed by atoms with E-state index in [2.05, 4.69) is 0 Å². The number of benzene rings is 2. The standard InChI is InChI=1S/C23H25NO4/c1-16-12-20(17(2)28-16)23(25)24(3)14-19-10-11-21(22(13-19)26-4)27-15-18-8-6-5-7-9-18/h5-13H,14-15H2,1-4H3. The zero-order valence-corrected chi connectivity index (χ0v) is 16.7. The monoisotopic (exact) mass is 379 g/mol. The maximum Gasteiger partial charge on any atom is 0.257 e. The summed E-state index contributed by atoms with van der Waals surface area (Å²) in [5.41, 5.74) is 2.64. The highest BCUT2D eigenvalue weighted by Crippen LogP contribution is 2.29. The number of carbonyl (C=O) groups is 1. The molecule has 2 aromatic carbocycles. The normalized spacial score (nSPS) is 10.6. The van der Waals surface area contributed by atoms with Gasteiger partial charge in [0.2, 0.25) is 0 Å². The lowest BCUT2D eigenvalue weighted by Gasteiger charge is -2.18. The van der Waals surface area contributed by atoms with E-state index in [1.54, 1.807) is 32.0 Å². The number of amides is 1. The lowest BCUT2D eigenvalue weighted by molar-refractivity contribution is 0.0783. The van der Waals surface area contributed by atoms with E-state index in [1.165, 1.54) is 0 Å². The van der Waals surface area contributed by atoms with E-state index in [9.17, 15) is 4.79 Å². The molecule has 0 atom stereocenters. The average Bonchev–Trinajstić information content (AvgIpc) is 3.04. The fourth-order valence-corrected chi connectivity index (χ4v) is 3.06. The third-order valence-corrected chi connectivity index (χ3v) is 4.50. The Kier molecular flexibility index (Phi) is 6.04. The lowest BCUT2D eigenvalue weighted by atomic mass is 10.1. The molecule has 3 rings (SSSR count). The molecule has 1 heterocycles. The quantitative estimate of drug-likeness (QED) is 0.594. The molecule has 0 saturated heterocycles. The van der Waals surface area contributed by atoms with E-state index in [4.69, 9.17) is 13.9 Å². The first-order valence-corrected chi connectivity index (χ1v) is 9.14. The van der Waals surface area contributed by atoms with E-state index < -0.39 is 0 Å². The highest BCUT2D eigenvalue weighted by molar-refractivity contribution is 5.95. The Morgan fingerprint density at radius 1 is 1.00 bits per heavy atom. The summed E-state index contributed by atoms with van der Waals surface area (Å²) in [6.07, 6.45) is 0. The third-order valence-electron chi connectivity index (χ3n) is 4.50. The number of aryl methyl sites for hydroxylation is 2. The van der Waals surface area contributed by atoms with Crippen LogP contribution in [-0.4, -0.2) is 25.0 Å². The molecule has 0 fully saturated rings. The summed E-state index contributed by atoms with van der Waals surface area (Å²) < 4.78 is 16.8. The van der Waals surface area contributed by atoms with Crippen LogP contribution in [0.1, 0.15) is 33.0 Å². The second-order valence-electron chi connectivity index (χ2n) is 6.75. The van der Waals surface area contributed by atoms with E-state index in [1.807, 2.05) is 55.5 Å². The molecule has 0 aliphatic heterocycles. The van der Waals surface area contributed by atoms with Crippen LogP contribution in [0, 0.1) is 13.8 Å². The van der Waals surface area contributed by atoms with Crippen molar-refractivity contribution < 1.29 is 18.7 Å². The van der Waals surface area contributed by atoms with Gasteiger partial charge in [-0.15, -0.1) is 0 Å². The fourth-order valence-electron chi connectivity index (χ4n) is 3.06. The minimum atomic E-state index is -0.0716. The molecule has 0 bridgehead atoms. The minimum Gasteiger partial charge on any atom is -0.493 e. The van der Waals surface area contributed by atoms with Gasteiger partial charge in [-0.1, -0.05) is 36.4 Å². The number of carbonyl (C=O) groups excluding carboxylic acids is 1. The van der Waals surface area contributed by atoms with Gasteiger partial charge in [0.1, 0.15) is 18.1 Å². The maximum atomic E-state index is 12.7. The van der Waals surface area contributed by atoms with Crippen LogP contribution in [0.2, 0.25) is 0 Å². The molecule has 0 radical (unpaired) electrons. The van der Waals surface area contributed by atoms with Gasteiger partial charge in [-0.25, -0.2) is 0 Å². The van der Waals surface area contributed by atoms with Crippen LogP contribution in [0.4, 0.5) is 0 Å². The van der Waals surface area contributed by atoms with Gasteiger partial charge in [0.15, 0.2) is 11.5 Å². The van der Waals surface area contributed by atoms with E-state index in [0.717, 1.165) is 16.9 Å². The summed E-state index contributed by atoms with van der Waals surface area (Å²) in [5.74, 6) is 2.61. The Labute approximate surface area is 165 Å². The Hall–Kier alpha value is -3.21. The molecule has 146 valence electrons. The van der Waals surface area contributed by atoms with Gasteiger partial charge in [0, 0.05) is 13.6 Å². The van der Waals surface area contributed by atoms with Crippen molar-refractivity contribution in [3.05, 3.63) is 82.8 Å². The molecular weight excluding hydrogens is 354 g/mol. The second-order valence-corrected chi connectivity index (χ2v) is 6.75. The van der Waals surface area contributed by atoms with Gasteiger partial charge in [-0.2, -0.15) is 0 Å². The summed E-state index contributed by atoms with van der Waals surface area (Å²) in [5, 5.41) is 0. The van der Waals surface area contributed by atoms with Crippen molar-refractivity contribution in [2.75, 3.05) is 14.2 Å². The van der Waals surface area contributed by atoms with Crippen LogP contribution in [0.3, 0.4) is 0 Å². The summed E-state index contributed by atoms with van der Waals surface area (Å²) >= 11 is 0. The fraction of sp³-hybridized carbons (Fsp3) is 0.261. The van der Waals surface area contributed by atoms with E-state index in [0.29, 0.717) is 36.0 Å². The predicted molar refractivity (Wildman–Crippen MR) is 108 cm³/mol. The molecule has 0 saturated carbocycles. The Morgan fingerprint density at radius 2 is 1.75 bits per heavy atom. The topological polar surface area (TPSA) is 51.9 Å². The summed E-state index contributed by atoms with van der Waals surface area (Å²) in [6, 6.07) is 17.5. The second kappa shape index (κ2) is 8.65. The van der Waals surface area contributed by atoms with Gasteiger partial charge in [0.25, 0.3) is 5.91 Å². The van der Waals surface area contributed by atoms with Crippen LogP contribution in [0.5, 0.6) is 11.5 Å². The molecule has 1 aromatic heterocycles. The van der Waals surface area contributed by atoms with E-state index >= 15 is 0 Å². The highest BCUT2D eigenvalue weighted by atomic mass is 16.5. The van der Waals surface area contributed by atoms with Crippen molar-refractivity contribution in [2.24, 2.45) is 0 Å². The molecule has 0 aliphatic rings. The smallest absolute Gasteiger partial charge is 0.257 e. The van der Waals surface area contributed by atoms with Crippen LogP contribution in [0.15, 0.2) is 59.0 Å². The van der Waals surface area contributed by atoms with Gasteiger partial charge < -0.3 is 18.8 Å². The van der Waals surface area contributed by atoms with Gasteiger partial charge in [-0.05, 0) is 43.2 Å². The molecule has 0 unspecified atom stereocenters. The largest absolute Gasteiger partial charge is 0.493 e. The number of hydrogen-bond acceptors (Lipinski definition) is 4. The molecule has 5 nitrogen and oxygen atoms in total. The van der Waals surface area contributed by atoms with Crippen LogP contribution in [0.25, 0.3) is 0 Å². The number of ether oxygens (including phenoxy) is 2. The first-order valence-electron chi connectivity index (χ1n) is 9.14. The number of furan rings is 1. The summed E-state index contributed by atoms with van der Waals surface area (Å²) in [6.45, 7) is 4.56. The molecule has 3 aromatic rings. The molecule has 5 heteroatoms. The zero-order chi connectivity index (χ0) is 20.1.